The van der Waals surface area contributed by atoms with Gasteiger partial charge >= 0.3 is 0 Å². The number of rotatable bonds is 3. The van der Waals surface area contributed by atoms with E-state index in [-0.39, 0.29) is 5.91 Å². The molecule has 2 aromatic heterocycles. The summed E-state index contributed by atoms with van der Waals surface area (Å²) < 4.78 is 0. The molecule has 4 aromatic rings. The highest BCUT2D eigenvalue weighted by atomic mass is 32.1. The Bertz CT molecular complexity index is 1100. The quantitative estimate of drug-likeness (QED) is 0.570. The number of aromatic amines is 1. The van der Waals surface area contributed by atoms with E-state index in [9.17, 15) is 4.79 Å². The number of amides is 1. The summed E-state index contributed by atoms with van der Waals surface area (Å²) in [7, 11) is 0. The minimum Gasteiger partial charge on any atom is -0.298 e. The van der Waals surface area contributed by atoms with Crippen LogP contribution in [0.3, 0.4) is 0 Å². The van der Waals surface area contributed by atoms with E-state index >= 15 is 0 Å². The molecule has 1 amide bonds. The molecule has 2 heterocycles. The van der Waals surface area contributed by atoms with E-state index in [1.54, 1.807) is 18.2 Å². The van der Waals surface area contributed by atoms with Crippen molar-refractivity contribution in [3.8, 4) is 11.3 Å². The summed E-state index contributed by atoms with van der Waals surface area (Å²) in [6.07, 6.45) is 0. The van der Waals surface area contributed by atoms with Gasteiger partial charge in [0.15, 0.2) is 5.13 Å². The van der Waals surface area contributed by atoms with E-state index in [2.05, 4.69) is 58.6 Å². The van der Waals surface area contributed by atoms with Crippen LogP contribution in [0.25, 0.3) is 22.3 Å². The van der Waals surface area contributed by atoms with Crippen molar-refractivity contribution >= 4 is 33.4 Å². The first kappa shape index (κ1) is 16.4. The molecule has 6 nitrogen and oxygen atoms in total. The van der Waals surface area contributed by atoms with E-state index in [1.165, 1.54) is 28.0 Å². The maximum atomic E-state index is 12.5. The number of nitrogens with zero attached hydrogens (tertiary/aromatic N) is 3. The number of carbonyl (C=O) groups is 1. The van der Waals surface area contributed by atoms with Crippen LogP contribution < -0.4 is 5.32 Å². The lowest BCUT2D eigenvalue weighted by Crippen LogP contribution is -2.11. The maximum absolute atomic E-state index is 12.5. The number of fused-ring (bicyclic) bond motifs is 1. The van der Waals surface area contributed by atoms with Gasteiger partial charge in [0, 0.05) is 16.5 Å². The lowest BCUT2D eigenvalue weighted by molar-refractivity contribution is 0.102. The average Bonchev–Trinajstić information content (AvgIpc) is 3.22. The molecule has 0 saturated carbocycles. The van der Waals surface area contributed by atoms with Crippen LogP contribution >= 0.6 is 11.3 Å². The molecule has 0 unspecified atom stereocenters. The van der Waals surface area contributed by atoms with Crippen molar-refractivity contribution < 1.29 is 4.79 Å². The van der Waals surface area contributed by atoms with Crippen molar-refractivity contribution in [1.29, 1.82) is 0 Å². The van der Waals surface area contributed by atoms with Gasteiger partial charge < -0.3 is 0 Å². The van der Waals surface area contributed by atoms with Crippen molar-refractivity contribution in [1.82, 2.24) is 20.4 Å². The predicted molar refractivity (Wildman–Crippen MR) is 104 cm³/mol. The highest BCUT2D eigenvalue weighted by molar-refractivity contribution is 7.14. The largest absolute Gasteiger partial charge is 0.298 e. The van der Waals surface area contributed by atoms with Crippen molar-refractivity contribution in [2.75, 3.05) is 5.32 Å². The smallest absolute Gasteiger partial charge is 0.257 e. The Morgan fingerprint density at radius 1 is 1.04 bits per heavy atom. The molecule has 2 N–H and O–H groups in total. The molecule has 4 rings (SSSR count). The molecule has 0 radical (unpaired) electrons. The molecule has 2 aromatic carbocycles. The Labute approximate surface area is 154 Å². The number of benzene rings is 2. The van der Waals surface area contributed by atoms with Gasteiger partial charge in [0.2, 0.25) is 0 Å². The molecule has 0 aliphatic rings. The fourth-order valence-corrected chi connectivity index (χ4v) is 3.88. The molecule has 7 heteroatoms. The first-order valence-electron chi connectivity index (χ1n) is 8.17. The molecular formula is C19H17N5OS. The van der Waals surface area contributed by atoms with Crippen LogP contribution in [0.2, 0.25) is 0 Å². The van der Waals surface area contributed by atoms with Crippen LogP contribution in [0.4, 0.5) is 5.13 Å². The Balaban J connectivity index is 1.59. The van der Waals surface area contributed by atoms with Gasteiger partial charge in [-0.05, 0) is 50.1 Å². The second-order valence-electron chi connectivity index (χ2n) is 6.29. The summed E-state index contributed by atoms with van der Waals surface area (Å²) in [6, 6.07) is 9.49. The Kier molecular flexibility index (Phi) is 4.00. The van der Waals surface area contributed by atoms with Crippen molar-refractivity contribution in [3.05, 3.63) is 58.0 Å². The molecule has 0 saturated heterocycles. The number of aryl methyl sites for hydroxylation is 3. The Morgan fingerprint density at radius 2 is 1.77 bits per heavy atom. The predicted octanol–water partition coefficient (Wildman–Crippen LogP) is 4.26. The van der Waals surface area contributed by atoms with Gasteiger partial charge in [0.1, 0.15) is 11.0 Å². The van der Waals surface area contributed by atoms with E-state index < -0.39 is 0 Å². The minimum absolute atomic E-state index is 0.215. The van der Waals surface area contributed by atoms with Gasteiger partial charge in [-0.1, -0.05) is 17.7 Å². The van der Waals surface area contributed by atoms with Gasteiger partial charge in [0.25, 0.3) is 5.91 Å². The molecule has 0 fully saturated rings. The second-order valence-corrected chi connectivity index (χ2v) is 7.15. The zero-order valence-electron chi connectivity index (χ0n) is 14.6. The van der Waals surface area contributed by atoms with E-state index in [4.69, 9.17) is 0 Å². The van der Waals surface area contributed by atoms with Crippen LogP contribution in [0.15, 0.2) is 35.7 Å². The average molecular weight is 363 g/mol. The molecule has 0 spiro atoms. The highest BCUT2D eigenvalue weighted by Gasteiger charge is 2.14. The normalized spacial score (nSPS) is 11.0. The highest BCUT2D eigenvalue weighted by Crippen LogP contribution is 2.31. The lowest BCUT2D eigenvalue weighted by atomic mass is 9.98. The summed E-state index contributed by atoms with van der Waals surface area (Å²) in [6.45, 7) is 6.25. The molecule has 0 aliphatic heterocycles. The maximum Gasteiger partial charge on any atom is 0.257 e. The number of anilines is 1. The second kappa shape index (κ2) is 6.34. The van der Waals surface area contributed by atoms with Crippen molar-refractivity contribution in [2.45, 2.75) is 20.8 Å². The number of nitrogens with one attached hydrogen (secondary N) is 2. The standard InChI is InChI=1S/C19H17N5OS/c1-10-6-11(2)17(12(3)7-10)16-9-26-19(20-16)21-18(25)13-4-5-14-15(8-13)23-24-22-14/h4-9H,1-3H3,(H,20,21,25)(H,22,23,24). The molecular weight excluding hydrogens is 346 g/mol. The summed E-state index contributed by atoms with van der Waals surface area (Å²) in [5.41, 5.74) is 7.50. The van der Waals surface area contributed by atoms with Crippen LogP contribution in [-0.4, -0.2) is 26.3 Å². The van der Waals surface area contributed by atoms with E-state index in [0.29, 0.717) is 16.2 Å². The number of hydrogen-bond donors (Lipinski definition) is 2. The Hall–Kier alpha value is -3.06. The number of thiazole rings is 1. The van der Waals surface area contributed by atoms with Crippen LogP contribution in [-0.2, 0) is 0 Å². The van der Waals surface area contributed by atoms with E-state index in [1.807, 2.05) is 5.38 Å². The van der Waals surface area contributed by atoms with E-state index in [0.717, 1.165) is 16.8 Å². The summed E-state index contributed by atoms with van der Waals surface area (Å²) in [5.74, 6) is -0.215. The van der Waals surface area contributed by atoms with Crippen molar-refractivity contribution in [3.63, 3.8) is 0 Å². The SMILES string of the molecule is Cc1cc(C)c(-c2csc(NC(=O)c3ccc4n[nH]nc4c3)n2)c(C)c1. The van der Waals surface area contributed by atoms with Gasteiger partial charge in [-0.3, -0.25) is 10.1 Å². The van der Waals surface area contributed by atoms with Gasteiger partial charge in [-0.2, -0.15) is 15.4 Å². The fraction of sp³-hybridized carbons (Fsp3) is 0.158. The molecule has 0 bridgehead atoms. The van der Waals surface area contributed by atoms with Crippen molar-refractivity contribution in [2.24, 2.45) is 0 Å². The van der Waals surface area contributed by atoms with Crippen LogP contribution in [0.5, 0.6) is 0 Å². The third-order valence-electron chi connectivity index (χ3n) is 4.24. The molecule has 26 heavy (non-hydrogen) atoms. The number of H-pyrrole nitrogens is 1. The van der Waals surface area contributed by atoms with Gasteiger partial charge in [-0.25, -0.2) is 4.98 Å². The minimum atomic E-state index is -0.215. The molecule has 0 aliphatic carbocycles. The fourth-order valence-electron chi connectivity index (χ4n) is 3.18. The van der Waals surface area contributed by atoms with Crippen LogP contribution in [0, 0.1) is 20.8 Å². The summed E-state index contributed by atoms with van der Waals surface area (Å²) >= 11 is 1.42. The van der Waals surface area contributed by atoms with Gasteiger partial charge in [0.05, 0.1) is 5.69 Å². The molecule has 0 atom stereocenters. The Morgan fingerprint density at radius 3 is 2.54 bits per heavy atom. The lowest BCUT2D eigenvalue weighted by Gasteiger charge is -2.08. The third-order valence-corrected chi connectivity index (χ3v) is 4.99. The number of aromatic nitrogens is 4. The first-order valence-corrected chi connectivity index (χ1v) is 9.05. The zero-order valence-corrected chi connectivity index (χ0v) is 15.4. The van der Waals surface area contributed by atoms with Crippen LogP contribution in [0.1, 0.15) is 27.0 Å². The first-order chi connectivity index (χ1) is 12.5. The summed E-state index contributed by atoms with van der Waals surface area (Å²) in [5, 5.41) is 16.0. The summed E-state index contributed by atoms with van der Waals surface area (Å²) in [4.78, 5) is 17.1. The monoisotopic (exact) mass is 363 g/mol. The number of hydrogen-bond acceptors (Lipinski definition) is 5. The van der Waals surface area contributed by atoms with Gasteiger partial charge in [-0.15, -0.1) is 11.3 Å². The molecule has 130 valence electrons. The number of carbonyl (C=O) groups excluding carboxylic acids is 1. The zero-order chi connectivity index (χ0) is 18.3. The third kappa shape index (κ3) is 2.97. The topological polar surface area (TPSA) is 83.6 Å².